The second-order valence-electron chi connectivity index (χ2n) is 6.77. The Balaban J connectivity index is 1.47. The molecule has 3 aliphatic rings. The summed E-state index contributed by atoms with van der Waals surface area (Å²) in [4.78, 5) is 2.81. The van der Waals surface area contributed by atoms with Gasteiger partial charge in [0, 0.05) is 24.7 Å². The van der Waals surface area contributed by atoms with Crippen molar-refractivity contribution >= 4 is 0 Å². The molecule has 2 heteroatoms. The van der Waals surface area contributed by atoms with E-state index in [1.54, 1.807) is 0 Å². The molecule has 2 aliphatic carbocycles. The van der Waals surface area contributed by atoms with E-state index in [-0.39, 0.29) is 0 Å². The van der Waals surface area contributed by atoms with Gasteiger partial charge in [-0.15, -0.1) is 0 Å². The Labute approximate surface area is 113 Å². The van der Waals surface area contributed by atoms with E-state index in [0.717, 1.165) is 18.1 Å². The summed E-state index contributed by atoms with van der Waals surface area (Å²) in [7, 11) is 0. The first-order valence-corrected chi connectivity index (χ1v) is 8.42. The van der Waals surface area contributed by atoms with Crippen molar-refractivity contribution in [2.24, 2.45) is 0 Å². The number of hydrogen-bond acceptors (Lipinski definition) is 2. The number of nitrogens with one attached hydrogen (secondary N) is 1. The van der Waals surface area contributed by atoms with Crippen LogP contribution in [0, 0.1) is 0 Å². The van der Waals surface area contributed by atoms with Crippen LogP contribution in [0.5, 0.6) is 0 Å². The minimum Gasteiger partial charge on any atom is -0.310 e. The number of likely N-dealkylation sites (tertiary alicyclic amines) is 1. The number of nitrogens with zero attached hydrogens (tertiary/aromatic N) is 1. The second-order valence-corrected chi connectivity index (χ2v) is 6.77. The van der Waals surface area contributed by atoms with Gasteiger partial charge in [0.25, 0.3) is 0 Å². The molecule has 0 aromatic carbocycles. The molecule has 1 heterocycles. The van der Waals surface area contributed by atoms with Crippen molar-refractivity contribution in [3.63, 3.8) is 0 Å². The zero-order valence-corrected chi connectivity index (χ0v) is 11.9. The molecule has 1 saturated heterocycles. The lowest BCUT2D eigenvalue weighted by Crippen LogP contribution is -2.51. The summed E-state index contributed by atoms with van der Waals surface area (Å²) in [5.41, 5.74) is 0. The van der Waals surface area contributed by atoms with Gasteiger partial charge in [-0.05, 0) is 45.1 Å². The predicted molar refractivity (Wildman–Crippen MR) is 76.9 cm³/mol. The van der Waals surface area contributed by atoms with Crippen molar-refractivity contribution in [2.75, 3.05) is 13.1 Å². The van der Waals surface area contributed by atoms with Crippen LogP contribution in [0.2, 0.25) is 0 Å². The van der Waals surface area contributed by atoms with E-state index in [0.29, 0.717) is 0 Å². The molecule has 1 unspecified atom stereocenters. The first kappa shape index (κ1) is 12.9. The minimum absolute atomic E-state index is 0.795. The van der Waals surface area contributed by atoms with Crippen LogP contribution >= 0.6 is 0 Å². The van der Waals surface area contributed by atoms with E-state index in [1.165, 1.54) is 83.7 Å². The van der Waals surface area contributed by atoms with Crippen LogP contribution in [0.3, 0.4) is 0 Å². The Morgan fingerprint density at radius 2 is 1.33 bits per heavy atom. The number of rotatable bonds is 3. The molecule has 3 fully saturated rings. The molecule has 18 heavy (non-hydrogen) atoms. The highest BCUT2D eigenvalue weighted by Gasteiger charge is 2.28. The molecular formula is C16H30N2. The molecule has 0 aromatic rings. The second kappa shape index (κ2) is 6.38. The Morgan fingerprint density at radius 1 is 0.667 bits per heavy atom. The van der Waals surface area contributed by atoms with Crippen LogP contribution in [-0.2, 0) is 0 Å². The normalized spacial score (nSPS) is 33.0. The molecule has 2 nitrogen and oxygen atoms in total. The summed E-state index contributed by atoms with van der Waals surface area (Å²) in [6.45, 7) is 2.70. The lowest BCUT2D eigenvalue weighted by Gasteiger charge is -2.41. The Morgan fingerprint density at radius 3 is 2.11 bits per heavy atom. The quantitative estimate of drug-likeness (QED) is 0.826. The molecule has 0 radical (unpaired) electrons. The predicted octanol–water partition coefficient (Wildman–Crippen LogP) is 3.32. The third kappa shape index (κ3) is 3.27. The average molecular weight is 250 g/mol. The van der Waals surface area contributed by atoms with E-state index in [2.05, 4.69) is 10.2 Å². The van der Waals surface area contributed by atoms with Crippen molar-refractivity contribution in [3.8, 4) is 0 Å². The van der Waals surface area contributed by atoms with Gasteiger partial charge in [-0.2, -0.15) is 0 Å². The molecule has 3 rings (SSSR count). The van der Waals surface area contributed by atoms with Gasteiger partial charge in [0.1, 0.15) is 0 Å². The van der Waals surface area contributed by atoms with Gasteiger partial charge in [0.05, 0.1) is 0 Å². The molecule has 1 N–H and O–H groups in total. The molecule has 104 valence electrons. The van der Waals surface area contributed by atoms with E-state index >= 15 is 0 Å². The third-order valence-electron chi connectivity index (χ3n) is 5.37. The smallest absolute Gasteiger partial charge is 0.0198 e. The fourth-order valence-electron chi connectivity index (χ4n) is 4.35. The standard InChI is InChI=1S/C16H30N2/c1-2-10-16(11-3-1)18-12-6-9-15(13-18)17-14-7-4-5-8-14/h14-17H,1-13H2. The van der Waals surface area contributed by atoms with Gasteiger partial charge in [0.15, 0.2) is 0 Å². The molecule has 0 amide bonds. The van der Waals surface area contributed by atoms with Crippen molar-refractivity contribution in [1.82, 2.24) is 10.2 Å². The average Bonchev–Trinajstić information content (AvgIpc) is 2.93. The van der Waals surface area contributed by atoms with Gasteiger partial charge in [-0.25, -0.2) is 0 Å². The van der Waals surface area contributed by atoms with Crippen molar-refractivity contribution in [1.29, 1.82) is 0 Å². The lowest BCUT2D eigenvalue weighted by atomic mass is 9.92. The molecule has 1 aliphatic heterocycles. The van der Waals surface area contributed by atoms with Crippen LogP contribution in [0.4, 0.5) is 0 Å². The highest BCUT2D eigenvalue weighted by atomic mass is 15.2. The van der Waals surface area contributed by atoms with Crippen LogP contribution in [0.25, 0.3) is 0 Å². The Hall–Kier alpha value is -0.0800. The first-order chi connectivity index (χ1) is 8.92. The van der Waals surface area contributed by atoms with Gasteiger partial charge in [-0.3, -0.25) is 4.90 Å². The summed E-state index contributed by atoms with van der Waals surface area (Å²) in [5, 5.41) is 3.95. The maximum atomic E-state index is 3.95. The van der Waals surface area contributed by atoms with Crippen LogP contribution in [0.1, 0.15) is 70.6 Å². The maximum Gasteiger partial charge on any atom is 0.0198 e. The van der Waals surface area contributed by atoms with Crippen molar-refractivity contribution in [3.05, 3.63) is 0 Å². The molecule has 0 bridgehead atoms. The molecular weight excluding hydrogens is 220 g/mol. The summed E-state index contributed by atoms with van der Waals surface area (Å²) in [6, 6.07) is 2.57. The fourth-order valence-corrected chi connectivity index (χ4v) is 4.35. The van der Waals surface area contributed by atoms with Gasteiger partial charge in [0.2, 0.25) is 0 Å². The number of piperidine rings is 1. The van der Waals surface area contributed by atoms with E-state index in [1.807, 2.05) is 0 Å². The van der Waals surface area contributed by atoms with Crippen LogP contribution in [0.15, 0.2) is 0 Å². The Bertz CT molecular complexity index is 241. The SMILES string of the molecule is C1CCC(N2CCCC(NC3CCCC3)C2)CC1. The largest absolute Gasteiger partial charge is 0.310 e. The van der Waals surface area contributed by atoms with Gasteiger partial charge in [-0.1, -0.05) is 32.1 Å². The zero-order valence-electron chi connectivity index (χ0n) is 11.9. The number of hydrogen-bond donors (Lipinski definition) is 1. The van der Waals surface area contributed by atoms with E-state index < -0.39 is 0 Å². The maximum absolute atomic E-state index is 3.95. The summed E-state index contributed by atoms with van der Waals surface area (Å²) in [6.07, 6.45) is 16.0. The molecule has 0 spiro atoms. The Kier molecular flexibility index (Phi) is 4.58. The van der Waals surface area contributed by atoms with Gasteiger partial charge < -0.3 is 5.32 Å². The highest BCUT2D eigenvalue weighted by molar-refractivity contribution is 4.87. The van der Waals surface area contributed by atoms with Crippen molar-refractivity contribution in [2.45, 2.75) is 88.8 Å². The molecule has 2 saturated carbocycles. The lowest BCUT2D eigenvalue weighted by molar-refractivity contribution is 0.107. The van der Waals surface area contributed by atoms with Gasteiger partial charge >= 0.3 is 0 Å². The minimum atomic E-state index is 0.795. The summed E-state index contributed by atoms with van der Waals surface area (Å²) >= 11 is 0. The van der Waals surface area contributed by atoms with Crippen LogP contribution in [-0.4, -0.2) is 36.1 Å². The van der Waals surface area contributed by atoms with E-state index in [9.17, 15) is 0 Å². The van der Waals surface area contributed by atoms with E-state index in [4.69, 9.17) is 0 Å². The monoisotopic (exact) mass is 250 g/mol. The summed E-state index contributed by atoms with van der Waals surface area (Å²) < 4.78 is 0. The first-order valence-electron chi connectivity index (χ1n) is 8.42. The van der Waals surface area contributed by atoms with Crippen molar-refractivity contribution < 1.29 is 0 Å². The molecule has 1 atom stereocenters. The van der Waals surface area contributed by atoms with Crippen LogP contribution < -0.4 is 5.32 Å². The molecule has 0 aromatic heterocycles. The zero-order chi connectivity index (χ0) is 12.2. The summed E-state index contributed by atoms with van der Waals surface area (Å²) in [5.74, 6) is 0. The topological polar surface area (TPSA) is 15.3 Å². The highest BCUT2D eigenvalue weighted by Crippen LogP contribution is 2.26. The fraction of sp³-hybridized carbons (Fsp3) is 1.00. The third-order valence-corrected chi connectivity index (χ3v) is 5.37.